The Balaban J connectivity index is 0.00000288. The van der Waals surface area contributed by atoms with Crippen LogP contribution in [0.1, 0.15) is 35.6 Å². The molecular weight excluding hydrogens is 348 g/mol. The number of ketones is 1. The number of ether oxygens (including phenoxy) is 1. The van der Waals surface area contributed by atoms with Gasteiger partial charge in [0.1, 0.15) is 5.75 Å². The minimum absolute atomic E-state index is 0. The molecule has 0 unspecified atom stereocenters. The number of carbonyl (C=O) groups is 1. The van der Waals surface area contributed by atoms with Crippen molar-refractivity contribution in [3.8, 4) is 5.75 Å². The van der Waals surface area contributed by atoms with E-state index in [1.54, 1.807) is 6.92 Å². The van der Waals surface area contributed by atoms with Gasteiger partial charge in [-0.05, 0) is 44.5 Å². The van der Waals surface area contributed by atoms with Crippen molar-refractivity contribution in [1.29, 1.82) is 0 Å². The first-order chi connectivity index (χ1) is 11.1. The molecule has 2 aromatic rings. The largest absolute Gasteiger partial charge is 0.494 e. The zero-order chi connectivity index (χ0) is 16.8. The number of Topliss-reactive ketones (excluding diaryl/α,β-unsaturated/α-hetero) is 1. The molecule has 1 aromatic carbocycles. The molecular formula is C17H23ClN2O3S. The molecule has 2 rings (SSSR count). The SMILES string of the molecule is CCOc1ccc(/N=c2/sc(C(C)=O)c(C)n2CCCO)cc1.Cl. The van der Waals surface area contributed by atoms with Gasteiger partial charge in [-0.3, -0.25) is 4.79 Å². The van der Waals surface area contributed by atoms with Gasteiger partial charge in [0, 0.05) is 25.8 Å². The van der Waals surface area contributed by atoms with Crippen LogP contribution in [0.2, 0.25) is 0 Å². The number of nitrogens with zero attached hydrogens (tertiary/aromatic N) is 2. The van der Waals surface area contributed by atoms with E-state index in [1.807, 2.05) is 42.7 Å². The molecule has 0 fully saturated rings. The standard InChI is InChI=1S/C17H22N2O3S.ClH/c1-4-22-15-8-6-14(7-9-15)18-17-19(10-5-11-20)12(2)16(23-17)13(3)21;/h6-9,20H,4-5,10-11H2,1-3H3;1H/b18-17+;. The molecule has 1 N–H and O–H groups in total. The Morgan fingerprint density at radius 2 is 2.00 bits per heavy atom. The average molecular weight is 371 g/mol. The van der Waals surface area contributed by atoms with Crippen molar-refractivity contribution in [3.05, 3.63) is 39.6 Å². The van der Waals surface area contributed by atoms with Gasteiger partial charge in [-0.25, -0.2) is 4.99 Å². The molecule has 0 aliphatic carbocycles. The summed E-state index contributed by atoms with van der Waals surface area (Å²) in [7, 11) is 0. The number of carbonyl (C=O) groups excluding carboxylic acids is 1. The fourth-order valence-corrected chi connectivity index (χ4v) is 3.36. The van der Waals surface area contributed by atoms with E-state index in [1.165, 1.54) is 11.3 Å². The Kier molecular flexibility index (Phi) is 8.18. The molecule has 0 saturated heterocycles. The number of hydrogen-bond donors (Lipinski definition) is 1. The van der Waals surface area contributed by atoms with Gasteiger partial charge in [-0.2, -0.15) is 0 Å². The summed E-state index contributed by atoms with van der Waals surface area (Å²) in [6.45, 7) is 6.81. The maximum Gasteiger partial charge on any atom is 0.190 e. The van der Waals surface area contributed by atoms with Crippen molar-refractivity contribution in [3.63, 3.8) is 0 Å². The first-order valence-corrected chi connectivity index (χ1v) is 8.48. The number of hydrogen-bond acceptors (Lipinski definition) is 5. The van der Waals surface area contributed by atoms with Gasteiger partial charge in [-0.15, -0.1) is 12.4 Å². The molecule has 0 radical (unpaired) electrons. The lowest BCUT2D eigenvalue weighted by Crippen LogP contribution is -2.17. The predicted octanol–water partition coefficient (Wildman–Crippen LogP) is 3.50. The topological polar surface area (TPSA) is 63.8 Å². The highest BCUT2D eigenvalue weighted by Crippen LogP contribution is 2.19. The number of aromatic nitrogens is 1. The van der Waals surface area contributed by atoms with Crippen LogP contribution in [0.4, 0.5) is 5.69 Å². The summed E-state index contributed by atoms with van der Waals surface area (Å²) < 4.78 is 7.42. The molecule has 132 valence electrons. The Bertz CT molecular complexity index is 735. The molecule has 1 aromatic heterocycles. The highest BCUT2D eigenvalue weighted by atomic mass is 35.5. The number of aliphatic hydroxyl groups excluding tert-OH is 1. The average Bonchev–Trinajstić information content (AvgIpc) is 2.84. The van der Waals surface area contributed by atoms with Gasteiger partial charge >= 0.3 is 0 Å². The van der Waals surface area contributed by atoms with E-state index in [9.17, 15) is 4.79 Å². The van der Waals surface area contributed by atoms with Gasteiger partial charge in [-0.1, -0.05) is 11.3 Å². The van der Waals surface area contributed by atoms with Gasteiger partial charge in [0.25, 0.3) is 0 Å². The lowest BCUT2D eigenvalue weighted by molar-refractivity contribution is 0.102. The molecule has 0 spiro atoms. The van der Waals surface area contributed by atoms with Crippen molar-refractivity contribution < 1.29 is 14.6 Å². The molecule has 5 nitrogen and oxygen atoms in total. The minimum Gasteiger partial charge on any atom is -0.494 e. The molecule has 0 amide bonds. The molecule has 7 heteroatoms. The summed E-state index contributed by atoms with van der Waals surface area (Å²) in [5.74, 6) is 0.852. The molecule has 0 bridgehead atoms. The summed E-state index contributed by atoms with van der Waals surface area (Å²) in [5, 5.41) is 9.07. The Hall–Kier alpha value is -1.63. The molecule has 1 heterocycles. The van der Waals surface area contributed by atoms with Crippen molar-refractivity contribution in [2.75, 3.05) is 13.2 Å². The van der Waals surface area contributed by atoms with Crippen molar-refractivity contribution in [1.82, 2.24) is 4.57 Å². The third-order valence-electron chi connectivity index (χ3n) is 3.39. The monoisotopic (exact) mass is 370 g/mol. The molecule has 0 atom stereocenters. The lowest BCUT2D eigenvalue weighted by atomic mass is 10.3. The number of aliphatic hydroxyl groups is 1. The second-order valence-electron chi connectivity index (χ2n) is 5.12. The second-order valence-corrected chi connectivity index (χ2v) is 6.10. The van der Waals surface area contributed by atoms with Crippen LogP contribution >= 0.6 is 23.7 Å². The number of rotatable bonds is 7. The summed E-state index contributed by atoms with van der Waals surface area (Å²) >= 11 is 1.39. The highest BCUT2D eigenvalue weighted by Gasteiger charge is 2.13. The van der Waals surface area contributed by atoms with Crippen LogP contribution in [-0.4, -0.2) is 28.7 Å². The van der Waals surface area contributed by atoms with Crippen LogP contribution in [0.25, 0.3) is 0 Å². The van der Waals surface area contributed by atoms with E-state index in [-0.39, 0.29) is 24.8 Å². The number of halogens is 1. The van der Waals surface area contributed by atoms with E-state index in [0.717, 1.165) is 21.9 Å². The lowest BCUT2D eigenvalue weighted by Gasteiger charge is -2.05. The number of benzene rings is 1. The van der Waals surface area contributed by atoms with Gasteiger partial charge in [0.05, 0.1) is 17.2 Å². The van der Waals surface area contributed by atoms with Gasteiger partial charge in [0.15, 0.2) is 10.6 Å². The fourth-order valence-electron chi connectivity index (χ4n) is 2.28. The van der Waals surface area contributed by atoms with Gasteiger partial charge < -0.3 is 14.4 Å². The zero-order valence-electron chi connectivity index (χ0n) is 14.1. The van der Waals surface area contributed by atoms with Crippen LogP contribution < -0.4 is 9.54 Å². The van der Waals surface area contributed by atoms with Gasteiger partial charge in [0.2, 0.25) is 0 Å². The second kappa shape index (κ2) is 9.61. The Morgan fingerprint density at radius 1 is 1.33 bits per heavy atom. The molecule has 0 aliphatic heterocycles. The van der Waals surface area contributed by atoms with E-state index >= 15 is 0 Å². The minimum atomic E-state index is 0. The van der Waals surface area contributed by atoms with Crippen molar-refractivity contribution in [2.45, 2.75) is 33.7 Å². The van der Waals surface area contributed by atoms with E-state index in [2.05, 4.69) is 4.99 Å². The highest BCUT2D eigenvalue weighted by molar-refractivity contribution is 7.11. The van der Waals surface area contributed by atoms with E-state index in [4.69, 9.17) is 9.84 Å². The quantitative estimate of drug-likeness (QED) is 0.759. The maximum absolute atomic E-state index is 11.8. The molecule has 0 aliphatic rings. The number of thiazole rings is 1. The summed E-state index contributed by atoms with van der Waals surface area (Å²) in [6.07, 6.45) is 0.630. The summed E-state index contributed by atoms with van der Waals surface area (Å²) in [6, 6.07) is 7.55. The summed E-state index contributed by atoms with van der Waals surface area (Å²) in [5.41, 5.74) is 1.71. The van der Waals surface area contributed by atoms with Crippen LogP contribution in [0.15, 0.2) is 29.3 Å². The Labute approximate surface area is 152 Å². The van der Waals surface area contributed by atoms with Crippen LogP contribution in [0, 0.1) is 6.92 Å². The van der Waals surface area contributed by atoms with Crippen molar-refractivity contribution >= 4 is 35.2 Å². The molecule has 24 heavy (non-hydrogen) atoms. The third-order valence-corrected chi connectivity index (χ3v) is 4.67. The fraction of sp³-hybridized carbons (Fsp3) is 0.412. The maximum atomic E-state index is 11.8. The van der Waals surface area contributed by atoms with E-state index in [0.29, 0.717) is 24.4 Å². The normalized spacial score (nSPS) is 11.2. The van der Waals surface area contributed by atoms with E-state index < -0.39 is 0 Å². The van der Waals surface area contributed by atoms with Crippen LogP contribution in [-0.2, 0) is 6.54 Å². The smallest absolute Gasteiger partial charge is 0.190 e. The zero-order valence-corrected chi connectivity index (χ0v) is 15.7. The summed E-state index contributed by atoms with van der Waals surface area (Å²) in [4.78, 5) is 17.9. The predicted molar refractivity (Wildman–Crippen MR) is 98.8 cm³/mol. The van der Waals surface area contributed by atoms with Crippen molar-refractivity contribution in [2.24, 2.45) is 4.99 Å². The third kappa shape index (κ3) is 4.93. The van der Waals surface area contributed by atoms with Crippen LogP contribution in [0.5, 0.6) is 5.75 Å². The Morgan fingerprint density at radius 3 is 2.54 bits per heavy atom. The van der Waals surface area contributed by atoms with Crippen LogP contribution in [0.3, 0.4) is 0 Å². The first kappa shape index (κ1) is 20.4. The first-order valence-electron chi connectivity index (χ1n) is 7.66. The molecule has 0 saturated carbocycles.